The number of anilines is 1. The van der Waals surface area contributed by atoms with Crippen LogP contribution < -0.4 is 4.90 Å². The fraction of sp³-hybridized carbons (Fsp3) is 0.600. The van der Waals surface area contributed by atoms with Crippen molar-refractivity contribution in [3.05, 3.63) is 69.3 Å². The Kier molecular flexibility index (Phi) is 7.03. The van der Waals surface area contributed by atoms with Crippen molar-refractivity contribution in [2.24, 2.45) is 23.2 Å². The molecule has 6 fully saturated rings. The SMILES string of the molecule is O=C1C[C@]2(c3ccc([N+](=O)[O-])cc3)C(=O)N(CCN3CCOCC3)c3cc(CO)ccc3[C@H]2N1CC12CC3CC(CC(C3)C1)C2. The van der Waals surface area contributed by atoms with Gasteiger partial charge in [0.1, 0.15) is 5.41 Å². The number of nitro benzene ring substituents is 1. The number of hydrogen-bond acceptors (Lipinski definition) is 7. The van der Waals surface area contributed by atoms with E-state index in [9.17, 15) is 20.0 Å². The van der Waals surface area contributed by atoms with E-state index in [1.165, 1.54) is 31.4 Å². The lowest BCUT2D eigenvalue weighted by molar-refractivity contribution is -0.384. The van der Waals surface area contributed by atoms with E-state index in [-0.39, 0.29) is 35.9 Å². The molecule has 0 spiro atoms. The number of amides is 2. The van der Waals surface area contributed by atoms with Crippen molar-refractivity contribution in [3.8, 4) is 0 Å². The number of carbonyl (C=O) groups is 2. The average Bonchev–Trinajstić information content (AvgIpc) is 3.32. The standard InChI is InChI=1S/C35H42N4O6/c40-21-23-1-6-29-30(16-23)37(8-7-36-9-11-45-12-10-36)33(42)35(27-2-4-28(5-3-27)39(43)44)20-31(41)38(32(29)35)22-34-17-24-13-25(18-34)15-26(14-24)19-34/h1-6,16,24-26,32,40H,7-15,17-22H2/t24?,25?,26?,32-,34?,35-/m1/s1. The molecule has 2 saturated heterocycles. The number of benzene rings is 2. The summed E-state index contributed by atoms with van der Waals surface area (Å²) in [4.78, 5) is 46.8. The molecule has 10 heteroatoms. The fourth-order valence-electron chi connectivity index (χ4n) is 10.6. The second-order valence-electron chi connectivity index (χ2n) is 14.8. The predicted molar refractivity (Wildman–Crippen MR) is 166 cm³/mol. The normalized spacial score (nSPS) is 33.9. The van der Waals surface area contributed by atoms with E-state index in [0.717, 1.165) is 66.9 Å². The first-order chi connectivity index (χ1) is 21.8. The minimum absolute atomic E-state index is 0.0188. The number of non-ortho nitro benzene ring substituents is 1. The smallest absolute Gasteiger partial charge is 0.269 e. The zero-order chi connectivity index (χ0) is 30.9. The van der Waals surface area contributed by atoms with Gasteiger partial charge in [0, 0.05) is 57.0 Å². The summed E-state index contributed by atoms with van der Waals surface area (Å²) in [6, 6.07) is 11.6. The van der Waals surface area contributed by atoms with Gasteiger partial charge in [0.2, 0.25) is 11.8 Å². The molecule has 9 rings (SSSR count). The van der Waals surface area contributed by atoms with Crippen molar-refractivity contribution in [2.75, 3.05) is 50.8 Å². The maximum atomic E-state index is 15.1. The Bertz CT molecular complexity index is 1490. The molecule has 45 heavy (non-hydrogen) atoms. The van der Waals surface area contributed by atoms with E-state index >= 15 is 4.79 Å². The largest absolute Gasteiger partial charge is 0.392 e. The molecule has 4 aliphatic carbocycles. The molecule has 2 atom stereocenters. The summed E-state index contributed by atoms with van der Waals surface area (Å²) < 4.78 is 5.54. The summed E-state index contributed by atoms with van der Waals surface area (Å²) in [5, 5.41) is 21.7. The molecule has 4 saturated carbocycles. The summed E-state index contributed by atoms with van der Waals surface area (Å²) in [5.41, 5.74) is 1.89. The van der Waals surface area contributed by atoms with Gasteiger partial charge in [-0.1, -0.05) is 24.3 Å². The summed E-state index contributed by atoms with van der Waals surface area (Å²) in [6.45, 7) is 4.49. The van der Waals surface area contributed by atoms with Crippen molar-refractivity contribution >= 4 is 23.2 Å². The van der Waals surface area contributed by atoms with Gasteiger partial charge >= 0.3 is 0 Å². The van der Waals surface area contributed by atoms with Gasteiger partial charge in [0.15, 0.2) is 0 Å². The summed E-state index contributed by atoms with van der Waals surface area (Å²) in [6.07, 6.45) is 7.42. The number of rotatable bonds is 8. The number of aliphatic hydroxyl groups is 1. The molecular formula is C35H42N4O6. The van der Waals surface area contributed by atoms with Crippen LogP contribution in [0.5, 0.6) is 0 Å². The molecular weight excluding hydrogens is 572 g/mol. The van der Waals surface area contributed by atoms with Crippen LogP contribution in [0.15, 0.2) is 42.5 Å². The molecule has 2 aromatic rings. The molecule has 3 heterocycles. The highest BCUT2D eigenvalue weighted by Crippen LogP contribution is 2.63. The first-order valence-corrected chi connectivity index (χ1v) is 16.7. The molecule has 2 amide bonds. The number of carbonyl (C=O) groups excluding carboxylic acids is 2. The Balaban J connectivity index is 1.24. The lowest BCUT2D eigenvalue weighted by Gasteiger charge is -2.58. The fourth-order valence-corrected chi connectivity index (χ4v) is 10.6. The van der Waals surface area contributed by atoms with Crippen LogP contribution in [0, 0.1) is 33.3 Å². The number of ether oxygens (including phenoxy) is 1. The van der Waals surface area contributed by atoms with Crippen LogP contribution in [0.4, 0.5) is 11.4 Å². The first kappa shape index (κ1) is 29.1. The Morgan fingerprint density at radius 1 is 0.933 bits per heavy atom. The zero-order valence-electron chi connectivity index (χ0n) is 25.7. The van der Waals surface area contributed by atoms with E-state index in [1.807, 2.05) is 28.0 Å². The van der Waals surface area contributed by atoms with Gasteiger partial charge in [-0.3, -0.25) is 24.6 Å². The van der Waals surface area contributed by atoms with Crippen molar-refractivity contribution < 1.29 is 24.4 Å². The Morgan fingerprint density at radius 3 is 2.22 bits per heavy atom. The van der Waals surface area contributed by atoms with Gasteiger partial charge in [-0.25, -0.2) is 0 Å². The molecule has 1 N–H and O–H groups in total. The van der Waals surface area contributed by atoms with Crippen molar-refractivity contribution in [1.82, 2.24) is 9.80 Å². The van der Waals surface area contributed by atoms with Gasteiger partial charge in [0.25, 0.3) is 5.69 Å². The topological polar surface area (TPSA) is 116 Å². The van der Waals surface area contributed by atoms with Crippen LogP contribution in [0.3, 0.4) is 0 Å². The summed E-state index contributed by atoms with van der Waals surface area (Å²) >= 11 is 0. The van der Waals surface area contributed by atoms with E-state index in [1.54, 1.807) is 12.1 Å². The highest BCUT2D eigenvalue weighted by molar-refractivity contribution is 6.09. The number of nitrogens with zero attached hydrogens (tertiary/aromatic N) is 4. The van der Waals surface area contributed by atoms with Crippen molar-refractivity contribution in [1.29, 1.82) is 0 Å². The molecule has 238 valence electrons. The van der Waals surface area contributed by atoms with Gasteiger partial charge in [-0.2, -0.15) is 0 Å². The van der Waals surface area contributed by atoms with Crippen LogP contribution in [0.25, 0.3) is 0 Å². The molecule has 7 aliphatic rings. The highest BCUT2D eigenvalue weighted by Gasteiger charge is 2.64. The second-order valence-corrected chi connectivity index (χ2v) is 14.8. The highest BCUT2D eigenvalue weighted by atomic mass is 16.6. The number of likely N-dealkylation sites (tertiary alicyclic amines) is 1. The molecule has 0 aromatic heterocycles. The quantitative estimate of drug-likeness (QED) is 0.350. The molecule has 4 bridgehead atoms. The number of nitro groups is 1. The maximum absolute atomic E-state index is 15.1. The maximum Gasteiger partial charge on any atom is 0.269 e. The van der Waals surface area contributed by atoms with E-state index in [0.29, 0.717) is 38.4 Å². The van der Waals surface area contributed by atoms with Crippen LogP contribution >= 0.6 is 0 Å². The van der Waals surface area contributed by atoms with Crippen LogP contribution in [0.2, 0.25) is 0 Å². The molecule has 3 aliphatic heterocycles. The predicted octanol–water partition coefficient (Wildman–Crippen LogP) is 4.19. The molecule has 0 radical (unpaired) electrons. The first-order valence-electron chi connectivity index (χ1n) is 16.7. The number of fused-ring (bicyclic) bond motifs is 3. The monoisotopic (exact) mass is 614 g/mol. The lowest BCUT2D eigenvalue weighted by atomic mass is 9.49. The van der Waals surface area contributed by atoms with Crippen LogP contribution in [-0.4, -0.2) is 77.6 Å². The van der Waals surface area contributed by atoms with Crippen LogP contribution in [0.1, 0.15) is 67.7 Å². The molecule has 2 aromatic carbocycles. The van der Waals surface area contributed by atoms with E-state index in [2.05, 4.69) is 4.90 Å². The number of aliphatic hydroxyl groups excluding tert-OH is 1. The summed E-state index contributed by atoms with van der Waals surface area (Å²) in [7, 11) is 0. The third-order valence-electron chi connectivity index (χ3n) is 12.0. The lowest BCUT2D eigenvalue weighted by Crippen LogP contribution is -2.57. The van der Waals surface area contributed by atoms with Gasteiger partial charge in [-0.05, 0) is 84.5 Å². The van der Waals surface area contributed by atoms with Crippen molar-refractivity contribution in [2.45, 2.75) is 63.0 Å². The van der Waals surface area contributed by atoms with Gasteiger partial charge < -0.3 is 19.6 Å². The van der Waals surface area contributed by atoms with E-state index < -0.39 is 16.4 Å². The second kappa shape index (κ2) is 10.9. The molecule has 10 nitrogen and oxygen atoms in total. The minimum Gasteiger partial charge on any atom is -0.392 e. The minimum atomic E-state index is -1.20. The Morgan fingerprint density at radius 2 is 1.60 bits per heavy atom. The zero-order valence-corrected chi connectivity index (χ0v) is 25.7. The Hall–Kier alpha value is -3.34. The third kappa shape index (κ3) is 4.70. The van der Waals surface area contributed by atoms with Gasteiger partial charge in [-0.15, -0.1) is 0 Å². The van der Waals surface area contributed by atoms with E-state index in [4.69, 9.17) is 4.74 Å². The van der Waals surface area contributed by atoms with Crippen molar-refractivity contribution in [3.63, 3.8) is 0 Å². The summed E-state index contributed by atoms with van der Waals surface area (Å²) in [5.74, 6) is 2.04. The Labute approximate surface area is 263 Å². The molecule has 0 unspecified atom stereocenters. The van der Waals surface area contributed by atoms with Crippen LogP contribution in [-0.2, 0) is 26.3 Å². The third-order valence-corrected chi connectivity index (χ3v) is 12.0. The average molecular weight is 615 g/mol. The number of morpholine rings is 1. The van der Waals surface area contributed by atoms with Gasteiger partial charge in [0.05, 0.1) is 30.8 Å². The number of hydrogen-bond donors (Lipinski definition) is 1.